The van der Waals surface area contributed by atoms with Crippen molar-refractivity contribution in [3.8, 4) is 0 Å². The maximum absolute atomic E-state index is 11.7. The van der Waals surface area contributed by atoms with Crippen molar-refractivity contribution in [1.82, 2.24) is 9.55 Å². The minimum absolute atomic E-state index is 0.0631. The van der Waals surface area contributed by atoms with Crippen LogP contribution in [0.25, 0.3) is 0 Å². The highest BCUT2D eigenvalue weighted by molar-refractivity contribution is 5.88. The highest BCUT2D eigenvalue weighted by atomic mass is 16.4. The fourth-order valence-corrected chi connectivity index (χ4v) is 1.93. The van der Waals surface area contributed by atoms with E-state index in [1.54, 1.807) is 13.8 Å². The first kappa shape index (κ1) is 13.9. The molecule has 2 aromatic heterocycles. The SMILES string of the molecule is CCc1cn(Cc2cc(C(=O)O)c(C)o2)c(=O)[nH]c1=O. The summed E-state index contributed by atoms with van der Waals surface area (Å²) in [5, 5.41) is 8.94. The Morgan fingerprint density at radius 2 is 2.15 bits per heavy atom. The second-order valence-corrected chi connectivity index (χ2v) is 4.38. The number of hydrogen-bond acceptors (Lipinski definition) is 4. The van der Waals surface area contributed by atoms with Crippen LogP contribution in [-0.4, -0.2) is 20.6 Å². The van der Waals surface area contributed by atoms with Crippen LogP contribution in [-0.2, 0) is 13.0 Å². The van der Waals surface area contributed by atoms with E-state index in [1.165, 1.54) is 16.8 Å². The van der Waals surface area contributed by atoms with E-state index >= 15 is 0 Å². The number of hydrogen-bond donors (Lipinski definition) is 2. The van der Waals surface area contributed by atoms with Crippen molar-refractivity contribution in [1.29, 1.82) is 0 Å². The van der Waals surface area contributed by atoms with Gasteiger partial charge in [0.2, 0.25) is 0 Å². The summed E-state index contributed by atoms with van der Waals surface area (Å²) in [6, 6.07) is 1.38. The zero-order valence-electron chi connectivity index (χ0n) is 11.1. The molecule has 0 fully saturated rings. The summed E-state index contributed by atoms with van der Waals surface area (Å²) in [6.07, 6.45) is 1.95. The molecule has 2 N–H and O–H groups in total. The van der Waals surface area contributed by atoms with Gasteiger partial charge in [0.05, 0.1) is 6.54 Å². The summed E-state index contributed by atoms with van der Waals surface area (Å²) in [5.41, 5.74) is -0.423. The third-order valence-electron chi connectivity index (χ3n) is 2.99. The second-order valence-electron chi connectivity index (χ2n) is 4.38. The normalized spacial score (nSPS) is 10.7. The first-order chi connectivity index (χ1) is 9.42. The number of aromatic amines is 1. The van der Waals surface area contributed by atoms with Crippen molar-refractivity contribution in [3.05, 3.63) is 55.7 Å². The number of aromatic nitrogens is 2. The summed E-state index contributed by atoms with van der Waals surface area (Å²) < 4.78 is 6.59. The average Bonchev–Trinajstić information content (AvgIpc) is 2.74. The van der Waals surface area contributed by atoms with Gasteiger partial charge in [-0.05, 0) is 19.4 Å². The van der Waals surface area contributed by atoms with Crippen molar-refractivity contribution in [2.24, 2.45) is 0 Å². The van der Waals surface area contributed by atoms with Gasteiger partial charge in [0, 0.05) is 11.8 Å². The molecule has 20 heavy (non-hydrogen) atoms. The molecule has 106 valence electrons. The lowest BCUT2D eigenvalue weighted by atomic mass is 10.2. The lowest BCUT2D eigenvalue weighted by molar-refractivity contribution is 0.0695. The van der Waals surface area contributed by atoms with Crippen molar-refractivity contribution >= 4 is 5.97 Å². The fourth-order valence-electron chi connectivity index (χ4n) is 1.93. The molecule has 0 aliphatic carbocycles. The number of rotatable bonds is 4. The van der Waals surface area contributed by atoms with Gasteiger partial charge in [-0.3, -0.25) is 14.3 Å². The maximum atomic E-state index is 11.7. The molecule has 0 saturated carbocycles. The predicted molar refractivity (Wildman–Crippen MR) is 70.2 cm³/mol. The quantitative estimate of drug-likeness (QED) is 0.858. The first-order valence-electron chi connectivity index (χ1n) is 6.07. The molecule has 2 aromatic rings. The van der Waals surface area contributed by atoms with Crippen molar-refractivity contribution < 1.29 is 14.3 Å². The van der Waals surface area contributed by atoms with E-state index in [4.69, 9.17) is 9.52 Å². The Morgan fingerprint density at radius 3 is 2.70 bits per heavy atom. The first-order valence-corrected chi connectivity index (χ1v) is 6.07. The molecule has 0 radical (unpaired) electrons. The van der Waals surface area contributed by atoms with E-state index in [0.717, 1.165) is 0 Å². The minimum Gasteiger partial charge on any atom is -0.478 e. The van der Waals surface area contributed by atoms with E-state index in [0.29, 0.717) is 17.7 Å². The lowest BCUT2D eigenvalue weighted by Crippen LogP contribution is -2.31. The topological polar surface area (TPSA) is 105 Å². The molecule has 0 aromatic carbocycles. The average molecular weight is 278 g/mol. The predicted octanol–water partition coefficient (Wildman–Crippen LogP) is 0.747. The number of aryl methyl sites for hydroxylation is 2. The Balaban J connectivity index is 2.40. The third-order valence-corrected chi connectivity index (χ3v) is 2.99. The standard InChI is InChI=1S/C13H14N2O5/c1-3-8-5-15(13(19)14-11(8)16)6-9-4-10(12(17)18)7(2)20-9/h4-5H,3,6H2,1-2H3,(H,17,18)(H,14,16,19). The van der Waals surface area contributed by atoms with Crippen LogP contribution in [0.3, 0.4) is 0 Å². The van der Waals surface area contributed by atoms with E-state index in [-0.39, 0.29) is 17.9 Å². The molecule has 0 aliphatic rings. The highest BCUT2D eigenvalue weighted by Crippen LogP contribution is 2.15. The van der Waals surface area contributed by atoms with E-state index < -0.39 is 17.2 Å². The van der Waals surface area contributed by atoms with Gasteiger partial charge < -0.3 is 9.52 Å². The van der Waals surface area contributed by atoms with Gasteiger partial charge >= 0.3 is 11.7 Å². The molecule has 0 aliphatic heterocycles. The van der Waals surface area contributed by atoms with Crippen molar-refractivity contribution in [2.75, 3.05) is 0 Å². The number of nitrogens with zero attached hydrogens (tertiary/aromatic N) is 1. The van der Waals surface area contributed by atoms with Crippen LogP contribution in [0.1, 0.15) is 34.4 Å². The Bertz CT molecular complexity index is 766. The molecule has 0 saturated heterocycles. The number of carboxylic acids is 1. The Labute approximate surface area is 113 Å². The Morgan fingerprint density at radius 1 is 1.45 bits per heavy atom. The minimum atomic E-state index is -1.08. The highest BCUT2D eigenvalue weighted by Gasteiger charge is 2.14. The fraction of sp³-hybridized carbons (Fsp3) is 0.308. The molecule has 0 bridgehead atoms. The van der Waals surface area contributed by atoms with Crippen LogP contribution >= 0.6 is 0 Å². The largest absolute Gasteiger partial charge is 0.478 e. The smallest absolute Gasteiger partial charge is 0.339 e. The summed E-state index contributed by atoms with van der Waals surface area (Å²) in [4.78, 5) is 36.3. The molecular formula is C13H14N2O5. The number of carbonyl (C=O) groups is 1. The van der Waals surface area contributed by atoms with Gasteiger partial charge in [-0.2, -0.15) is 0 Å². The van der Waals surface area contributed by atoms with E-state index in [1.807, 2.05) is 0 Å². The number of aromatic carboxylic acids is 1. The molecule has 2 heterocycles. The monoisotopic (exact) mass is 278 g/mol. The van der Waals surface area contributed by atoms with Gasteiger partial charge in [0.1, 0.15) is 17.1 Å². The summed E-state index contributed by atoms with van der Waals surface area (Å²) >= 11 is 0. The van der Waals surface area contributed by atoms with E-state index in [2.05, 4.69) is 4.98 Å². The lowest BCUT2D eigenvalue weighted by Gasteiger charge is -2.04. The van der Waals surface area contributed by atoms with Crippen LogP contribution < -0.4 is 11.2 Å². The van der Waals surface area contributed by atoms with Gasteiger partial charge in [-0.25, -0.2) is 9.59 Å². The van der Waals surface area contributed by atoms with Gasteiger partial charge in [0.25, 0.3) is 5.56 Å². The van der Waals surface area contributed by atoms with Crippen LogP contribution in [0.4, 0.5) is 0 Å². The molecule has 7 heteroatoms. The van der Waals surface area contributed by atoms with Crippen LogP contribution in [0.15, 0.2) is 26.3 Å². The molecule has 0 atom stereocenters. The molecular weight excluding hydrogens is 264 g/mol. The zero-order chi connectivity index (χ0) is 14.9. The number of H-pyrrole nitrogens is 1. The molecule has 0 unspecified atom stereocenters. The number of carboxylic acid groups (broad SMARTS) is 1. The van der Waals surface area contributed by atoms with Crippen LogP contribution in [0, 0.1) is 6.92 Å². The second kappa shape index (κ2) is 5.20. The van der Waals surface area contributed by atoms with Crippen molar-refractivity contribution in [3.63, 3.8) is 0 Å². The summed E-state index contributed by atoms with van der Waals surface area (Å²) in [7, 11) is 0. The number of furan rings is 1. The van der Waals surface area contributed by atoms with Crippen LogP contribution in [0.5, 0.6) is 0 Å². The molecule has 0 amide bonds. The summed E-state index contributed by atoms with van der Waals surface area (Å²) in [6.45, 7) is 3.41. The van der Waals surface area contributed by atoms with Crippen LogP contribution in [0.2, 0.25) is 0 Å². The summed E-state index contributed by atoms with van der Waals surface area (Å²) in [5.74, 6) is -0.461. The van der Waals surface area contributed by atoms with E-state index in [9.17, 15) is 14.4 Å². The number of nitrogens with one attached hydrogen (secondary N) is 1. The van der Waals surface area contributed by atoms with Gasteiger partial charge in [0.15, 0.2) is 0 Å². The molecule has 7 nitrogen and oxygen atoms in total. The maximum Gasteiger partial charge on any atom is 0.339 e. The zero-order valence-corrected chi connectivity index (χ0v) is 11.1. The van der Waals surface area contributed by atoms with Crippen molar-refractivity contribution in [2.45, 2.75) is 26.8 Å². The third kappa shape index (κ3) is 2.56. The molecule has 2 rings (SSSR count). The Hall–Kier alpha value is -2.57. The van der Waals surface area contributed by atoms with Gasteiger partial charge in [-0.15, -0.1) is 0 Å². The molecule has 0 spiro atoms. The Kier molecular flexibility index (Phi) is 3.60. The van der Waals surface area contributed by atoms with Gasteiger partial charge in [-0.1, -0.05) is 6.92 Å².